The van der Waals surface area contributed by atoms with Crippen LogP contribution in [-0.4, -0.2) is 100 Å². The first-order chi connectivity index (χ1) is 37.7. The molecule has 452 valence electrons. The van der Waals surface area contributed by atoms with E-state index in [9.17, 15) is 35.1 Å². The van der Waals surface area contributed by atoms with Crippen LogP contribution in [-0.2, 0) is 23.8 Å². The normalized spacial score (nSPS) is 18.8. The van der Waals surface area contributed by atoms with Crippen LogP contribution in [0.25, 0.3) is 0 Å². The molecule has 11 heteroatoms. The zero-order valence-electron chi connectivity index (χ0n) is 49.9. The second-order valence-corrected chi connectivity index (χ2v) is 22.8. The van der Waals surface area contributed by atoms with Crippen molar-refractivity contribution in [1.82, 2.24) is 5.32 Å². The quantitative estimate of drug-likeness (QED) is 0.0195. The number of carbonyl (C=O) groups is 2. The molecule has 77 heavy (non-hydrogen) atoms. The van der Waals surface area contributed by atoms with Gasteiger partial charge in [-0.05, 0) is 57.8 Å². The third-order valence-corrected chi connectivity index (χ3v) is 15.5. The van der Waals surface area contributed by atoms with E-state index in [1.807, 2.05) is 6.08 Å². The molecule has 1 heterocycles. The molecule has 1 aliphatic heterocycles. The SMILES string of the molecule is CCCCC/C=C/CC/C=C/CC/C=C/C(O)C(COC1OC(CO)C(O)C(O)C1O)NC(=O)CCCCCCCCCCCCCCCCCCCCCCCCCCCOC(=O)CCCCCCCCCCCCC. The van der Waals surface area contributed by atoms with Crippen LogP contribution in [0.3, 0.4) is 0 Å². The van der Waals surface area contributed by atoms with Gasteiger partial charge in [0.05, 0.1) is 32.0 Å². The molecule has 7 unspecified atom stereocenters. The highest BCUT2D eigenvalue weighted by molar-refractivity contribution is 5.76. The summed E-state index contributed by atoms with van der Waals surface area (Å²) < 4.78 is 16.7. The number of carbonyl (C=O) groups excluding carboxylic acids is 2. The van der Waals surface area contributed by atoms with Crippen LogP contribution in [0.4, 0.5) is 0 Å². The van der Waals surface area contributed by atoms with Gasteiger partial charge in [0.25, 0.3) is 0 Å². The third kappa shape index (κ3) is 45.2. The monoisotopic (exact) mass is 1090 g/mol. The number of unbranched alkanes of at least 4 members (excludes halogenated alkanes) is 39. The summed E-state index contributed by atoms with van der Waals surface area (Å²) in [5.41, 5.74) is 0. The van der Waals surface area contributed by atoms with E-state index in [4.69, 9.17) is 14.2 Å². The van der Waals surface area contributed by atoms with Gasteiger partial charge in [-0.15, -0.1) is 0 Å². The second-order valence-electron chi connectivity index (χ2n) is 22.8. The molecule has 0 aliphatic carbocycles. The largest absolute Gasteiger partial charge is 0.466 e. The van der Waals surface area contributed by atoms with Gasteiger partial charge < -0.3 is 45.1 Å². The Labute approximate surface area is 473 Å². The Morgan fingerprint density at radius 1 is 0.468 bits per heavy atom. The molecular formula is C66H123NO10. The van der Waals surface area contributed by atoms with E-state index in [2.05, 4.69) is 43.5 Å². The molecule has 0 aromatic rings. The summed E-state index contributed by atoms with van der Waals surface area (Å²) in [6.07, 6.45) is 59.7. The van der Waals surface area contributed by atoms with Gasteiger partial charge in [-0.3, -0.25) is 9.59 Å². The predicted octanol–water partition coefficient (Wildman–Crippen LogP) is 15.8. The lowest BCUT2D eigenvalue weighted by molar-refractivity contribution is -0.302. The molecule has 1 fully saturated rings. The van der Waals surface area contributed by atoms with Crippen molar-refractivity contribution in [2.24, 2.45) is 0 Å². The average molecular weight is 1090 g/mol. The van der Waals surface area contributed by atoms with E-state index in [-0.39, 0.29) is 18.5 Å². The fourth-order valence-electron chi connectivity index (χ4n) is 10.3. The molecule has 0 saturated carbocycles. The molecule has 0 radical (unpaired) electrons. The van der Waals surface area contributed by atoms with Crippen LogP contribution >= 0.6 is 0 Å². The average Bonchev–Trinajstić information content (AvgIpc) is 3.43. The lowest BCUT2D eigenvalue weighted by atomic mass is 9.99. The summed E-state index contributed by atoms with van der Waals surface area (Å²) in [4.78, 5) is 25.1. The fraction of sp³-hybridized carbons (Fsp3) is 0.879. The zero-order valence-corrected chi connectivity index (χ0v) is 49.9. The van der Waals surface area contributed by atoms with E-state index >= 15 is 0 Å². The Bertz CT molecular complexity index is 1370. The number of nitrogens with one attached hydrogen (secondary N) is 1. The third-order valence-electron chi connectivity index (χ3n) is 15.5. The van der Waals surface area contributed by atoms with Gasteiger partial charge in [-0.2, -0.15) is 0 Å². The highest BCUT2D eigenvalue weighted by Crippen LogP contribution is 2.23. The predicted molar refractivity (Wildman–Crippen MR) is 320 cm³/mol. The van der Waals surface area contributed by atoms with Gasteiger partial charge >= 0.3 is 5.97 Å². The van der Waals surface area contributed by atoms with Crippen LogP contribution in [0.15, 0.2) is 36.5 Å². The number of ether oxygens (including phenoxy) is 3. The van der Waals surface area contributed by atoms with Crippen molar-refractivity contribution in [3.05, 3.63) is 36.5 Å². The van der Waals surface area contributed by atoms with E-state index in [0.717, 1.165) is 70.6 Å². The van der Waals surface area contributed by atoms with Crippen LogP contribution in [0.1, 0.15) is 309 Å². The molecule has 1 rings (SSSR count). The van der Waals surface area contributed by atoms with Gasteiger partial charge in [-0.25, -0.2) is 0 Å². The van der Waals surface area contributed by atoms with Crippen molar-refractivity contribution >= 4 is 11.9 Å². The van der Waals surface area contributed by atoms with Gasteiger partial charge in [0.15, 0.2) is 6.29 Å². The standard InChI is InChI=1S/C66H123NO10/c1-3-5-7-9-11-13-15-29-33-36-40-44-48-52-59(69)58(57-76-66-65(74)64(73)63(72)60(56-68)77-66)67-61(70)53-49-45-41-37-34-30-27-25-23-21-19-17-16-18-20-22-24-26-28-31-35-39-43-47-51-55-75-62(71)54-50-46-42-38-32-14-12-10-8-6-4-2/h11,13,33,36,48,52,58-60,63-66,68-69,72-74H,3-10,12,14-32,34-35,37-47,49-51,53-57H2,1-2H3,(H,67,70)/b13-11+,36-33+,52-48+. The Balaban J connectivity index is 2.02. The molecule has 6 N–H and O–H groups in total. The molecule has 0 aromatic carbocycles. The van der Waals surface area contributed by atoms with Crippen molar-refractivity contribution in [3.8, 4) is 0 Å². The molecule has 0 aromatic heterocycles. The number of aliphatic hydroxyl groups is 5. The minimum absolute atomic E-state index is 0.00499. The van der Waals surface area contributed by atoms with E-state index in [1.54, 1.807) is 6.08 Å². The summed E-state index contributed by atoms with van der Waals surface area (Å²) in [5, 5.41) is 54.4. The topological polar surface area (TPSA) is 175 Å². The second kappa shape index (κ2) is 55.8. The van der Waals surface area contributed by atoms with Crippen molar-refractivity contribution in [2.75, 3.05) is 19.8 Å². The first kappa shape index (κ1) is 72.9. The Hall–Kier alpha value is -2.12. The molecule has 1 saturated heterocycles. The van der Waals surface area contributed by atoms with Crippen molar-refractivity contribution in [1.29, 1.82) is 0 Å². The molecule has 1 amide bonds. The smallest absolute Gasteiger partial charge is 0.305 e. The van der Waals surface area contributed by atoms with E-state index in [1.165, 1.54) is 212 Å². The molecule has 7 atom stereocenters. The highest BCUT2D eigenvalue weighted by atomic mass is 16.7. The zero-order chi connectivity index (χ0) is 55.9. The summed E-state index contributed by atoms with van der Waals surface area (Å²) in [6.45, 7) is 4.31. The Morgan fingerprint density at radius 3 is 1.29 bits per heavy atom. The van der Waals surface area contributed by atoms with Crippen molar-refractivity contribution in [2.45, 2.75) is 352 Å². The molecule has 0 bridgehead atoms. The van der Waals surface area contributed by atoms with Crippen molar-refractivity contribution < 1.29 is 49.3 Å². The maximum Gasteiger partial charge on any atom is 0.305 e. The van der Waals surface area contributed by atoms with E-state index in [0.29, 0.717) is 19.4 Å². The number of amides is 1. The van der Waals surface area contributed by atoms with Gasteiger partial charge in [0.1, 0.15) is 24.4 Å². The van der Waals surface area contributed by atoms with Gasteiger partial charge in [-0.1, -0.05) is 275 Å². The van der Waals surface area contributed by atoms with Crippen LogP contribution in [0, 0.1) is 0 Å². The number of esters is 1. The molecular weight excluding hydrogens is 967 g/mol. The van der Waals surface area contributed by atoms with Gasteiger partial charge in [0, 0.05) is 12.8 Å². The van der Waals surface area contributed by atoms with Crippen LogP contribution in [0.5, 0.6) is 0 Å². The summed E-state index contributed by atoms with van der Waals surface area (Å²) in [7, 11) is 0. The number of aliphatic hydroxyl groups excluding tert-OH is 5. The minimum atomic E-state index is -1.58. The molecule has 1 aliphatic rings. The lowest BCUT2D eigenvalue weighted by Gasteiger charge is -2.40. The number of hydrogen-bond donors (Lipinski definition) is 6. The number of allylic oxidation sites excluding steroid dienone is 5. The fourth-order valence-corrected chi connectivity index (χ4v) is 10.3. The number of rotatable bonds is 57. The maximum atomic E-state index is 13.0. The molecule has 11 nitrogen and oxygen atoms in total. The van der Waals surface area contributed by atoms with Crippen LogP contribution in [0.2, 0.25) is 0 Å². The first-order valence-corrected chi connectivity index (χ1v) is 32.8. The highest BCUT2D eigenvalue weighted by Gasteiger charge is 2.44. The van der Waals surface area contributed by atoms with Crippen molar-refractivity contribution in [3.63, 3.8) is 0 Å². The minimum Gasteiger partial charge on any atom is -0.466 e. The van der Waals surface area contributed by atoms with Crippen LogP contribution < -0.4 is 5.32 Å². The Kier molecular flexibility index (Phi) is 52.8. The van der Waals surface area contributed by atoms with Gasteiger partial charge in [0.2, 0.25) is 5.91 Å². The first-order valence-electron chi connectivity index (χ1n) is 32.8. The van der Waals surface area contributed by atoms with E-state index < -0.39 is 49.5 Å². The molecule has 0 spiro atoms. The summed E-state index contributed by atoms with van der Waals surface area (Å²) in [5.74, 6) is -0.189. The summed E-state index contributed by atoms with van der Waals surface area (Å²) >= 11 is 0. The Morgan fingerprint density at radius 2 is 0.844 bits per heavy atom. The lowest BCUT2D eigenvalue weighted by Crippen LogP contribution is -2.60. The summed E-state index contributed by atoms with van der Waals surface area (Å²) in [6, 6.07) is -0.833. The number of hydrogen-bond acceptors (Lipinski definition) is 10. The maximum absolute atomic E-state index is 13.0.